The van der Waals surface area contributed by atoms with Gasteiger partial charge in [-0.2, -0.15) is 0 Å². The van der Waals surface area contributed by atoms with E-state index in [-0.39, 0.29) is 24.1 Å². The van der Waals surface area contributed by atoms with Crippen molar-refractivity contribution in [1.29, 1.82) is 0 Å². The largest absolute Gasteiger partial charge is 0.459 e. The van der Waals surface area contributed by atoms with E-state index >= 15 is 0 Å². The van der Waals surface area contributed by atoms with Gasteiger partial charge in [0.2, 0.25) is 0 Å². The number of aliphatic hydroxyl groups excluding tert-OH is 1. The summed E-state index contributed by atoms with van der Waals surface area (Å²) in [5.74, 6) is 0.236. The van der Waals surface area contributed by atoms with Gasteiger partial charge in [0.05, 0.1) is 5.92 Å². The van der Waals surface area contributed by atoms with Gasteiger partial charge in [0.1, 0.15) is 5.60 Å². The van der Waals surface area contributed by atoms with Gasteiger partial charge in [-0.05, 0) is 26.2 Å². The molecule has 3 atom stereocenters. The maximum atomic E-state index is 11.3. The van der Waals surface area contributed by atoms with E-state index in [4.69, 9.17) is 9.84 Å². The van der Waals surface area contributed by atoms with Crippen LogP contribution in [-0.4, -0.2) is 23.3 Å². The number of aliphatic hydroxyl groups is 1. The van der Waals surface area contributed by atoms with E-state index in [1.807, 2.05) is 6.92 Å². The number of esters is 1. The molecule has 0 amide bonds. The zero-order valence-electron chi connectivity index (χ0n) is 7.25. The SMILES string of the molecule is C[C@@]12CC[C@@H]1C(CCO)C(=O)O2. The van der Waals surface area contributed by atoms with Crippen molar-refractivity contribution >= 4 is 5.97 Å². The third kappa shape index (κ3) is 0.891. The Morgan fingerprint density at radius 3 is 2.92 bits per heavy atom. The van der Waals surface area contributed by atoms with E-state index in [2.05, 4.69) is 0 Å². The van der Waals surface area contributed by atoms with Crippen molar-refractivity contribution in [1.82, 2.24) is 0 Å². The van der Waals surface area contributed by atoms with Crippen LogP contribution in [0.25, 0.3) is 0 Å². The first kappa shape index (κ1) is 8.05. The Balaban J connectivity index is 2.10. The number of carbonyl (C=O) groups is 1. The molecule has 1 saturated carbocycles. The van der Waals surface area contributed by atoms with Gasteiger partial charge >= 0.3 is 5.97 Å². The monoisotopic (exact) mass is 170 g/mol. The molecule has 0 aromatic rings. The molecule has 2 rings (SSSR count). The molecule has 3 heteroatoms. The lowest BCUT2D eigenvalue weighted by Crippen LogP contribution is -2.43. The Morgan fingerprint density at radius 1 is 1.75 bits per heavy atom. The quantitative estimate of drug-likeness (QED) is 0.621. The molecule has 1 N–H and O–H groups in total. The molecule has 1 unspecified atom stereocenters. The van der Waals surface area contributed by atoms with Gasteiger partial charge in [0.15, 0.2) is 0 Å². The maximum absolute atomic E-state index is 11.3. The van der Waals surface area contributed by atoms with E-state index in [0.717, 1.165) is 12.8 Å². The minimum Gasteiger partial charge on any atom is -0.459 e. The van der Waals surface area contributed by atoms with Gasteiger partial charge < -0.3 is 9.84 Å². The summed E-state index contributed by atoms with van der Waals surface area (Å²) in [4.78, 5) is 11.3. The van der Waals surface area contributed by atoms with Crippen LogP contribution in [0, 0.1) is 11.8 Å². The standard InChI is InChI=1S/C9H14O3/c1-9-4-2-7(9)6(3-5-10)8(11)12-9/h6-7,10H,2-5H2,1H3/t6?,7-,9-/m1/s1. The molecule has 12 heavy (non-hydrogen) atoms. The fourth-order valence-corrected chi connectivity index (χ4v) is 2.40. The molecule has 1 heterocycles. The summed E-state index contributed by atoms with van der Waals surface area (Å²) in [5.41, 5.74) is -0.184. The van der Waals surface area contributed by atoms with E-state index in [1.165, 1.54) is 0 Å². The molecular weight excluding hydrogens is 156 g/mol. The van der Waals surface area contributed by atoms with Gasteiger partial charge in [0.25, 0.3) is 0 Å². The van der Waals surface area contributed by atoms with E-state index in [1.54, 1.807) is 0 Å². The lowest BCUT2D eigenvalue weighted by atomic mass is 9.66. The molecule has 3 nitrogen and oxygen atoms in total. The van der Waals surface area contributed by atoms with Gasteiger partial charge in [0, 0.05) is 12.5 Å². The summed E-state index contributed by atoms with van der Waals surface area (Å²) < 4.78 is 5.26. The second-order valence-corrected chi connectivity index (χ2v) is 4.00. The highest BCUT2D eigenvalue weighted by Crippen LogP contribution is 2.52. The number of hydrogen-bond donors (Lipinski definition) is 1. The van der Waals surface area contributed by atoms with Gasteiger partial charge in [-0.25, -0.2) is 0 Å². The first-order valence-corrected chi connectivity index (χ1v) is 4.51. The number of hydrogen-bond acceptors (Lipinski definition) is 3. The average Bonchev–Trinajstić information content (AvgIpc) is 2.14. The average molecular weight is 170 g/mol. The molecule has 2 aliphatic rings. The minimum absolute atomic E-state index is 0.0336. The minimum atomic E-state index is -0.184. The molecule has 1 aliphatic carbocycles. The summed E-state index contributed by atoms with van der Waals surface area (Å²) in [6.07, 6.45) is 2.64. The normalized spacial score (nSPS) is 45.0. The summed E-state index contributed by atoms with van der Waals surface area (Å²) in [6.45, 7) is 2.09. The first-order valence-electron chi connectivity index (χ1n) is 4.51. The molecule has 0 spiro atoms. The maximum Gasteiger partial charge on any atom is 0.310 e. The predicted molar refractivity (Wildman–Crippen MR) is 42.4 cm³/mol. The Labute approximate surface area is 71.7 Å². The van der Waals surface area contributed by atoms with Crippen molar-refractivity contribution in [2.45, 2.75) is 31.8 Å². The van der Waals surface area contributed by atoms with E-state index in [9.17, 15) is 4.79 Å². The van der Waals surface area contributed by atoms with Crippen molar-refractivity contribution in [3.8, 4) is 0 Å². The lowest BCUT2D eigenvalue weighted by Gasteiger charge is -2.40. The van der Waals surface area contributed by atoms with Gasteiger partial charge in [-0.3, -0.25) is 4.79 Å². The molecule has 1 aliphatic heterocycles. The first-order chi connectivity index (χ1) is 5.67. The molecular formula is C9H14O3. The van der Waals surface area contributed by atoms with Crippen molar-refractivity contribution in [3.63, 3.8) is 0 Å². The van der Waals surface area contributed by atoms with Crippen LogP contribution in [0.2, 0.25) is 0 Å². The van der Waals surface area contributed by atoms with Crippen molar-refractivity contribution in [3.05, 3.63) is 0 Å². The zero-order valence-corrected chi connectivity index (χ0v) is 7.25. The highest BCUT2D eigenvalue weighted by atomic mass is 16.6. The van der Waals surface area contributed by atoms with Crippen LogP contribution in [-0.2, 0) is 9.53 Å². The summed E-state index contributed by atoms with van der Waals surface area (Å²) in [7, 11) is 0. The third-order valence-electron chi connectivity index (χ3n) is 3.30. The number of ether oxygens (including phenoxy) is 1. The van der Waals surface area contributed by atoms with Crippen molar-refractivity contribution < 1.29 is 14.6 Å². The Bertz CT molecular complexity index is 214. The number of fused-ring (bicyclic) bond motifs is 1. The summed E-state index contributed by atoms with van der Waals surface area (Å²) in [5, 5.41) is 8.75. The Hall–Kier alpha value is -0.570. The van der Waals surface area contributed by atoms with Crippen molar-refractivity contribution in [2.24, 2.45) is 11.8 Å². The van der Waals surface area contributed by atoms with Crippen molar-refractivity contribution in [2.75, 3.05) is 6.61 Å². The second kappa shape index (κ2) is 2.46. The molecule has 68 valence electrons. The highest BCUT2D eigenvalue weighted by Gasteiger charge is 2.57. The second-order valence-electron chi connectivity index (χ2n) is 4.00. The van der Waals surface area contributed by atoms with Gasteiger partial charge in [-0.15, -0.1) is 0 Å². The van der Waals surface area contributed by atoms with Crippen LogP contribution in [0.4, 0.5) is 0 Å². The predicted octanol–water partition coefficient (Wildman–Crippen LogP) is 0.710. The number of carbonyl (C=O) groups excluding carboxylic acids is 1. The van der Waals surface area contributed by atoms with Crippen LogP contribution in [0.3, 0.4) is 0 Å². The summed E-state index contributed by atoms with van der Waals surface area (Å²) >= 11 is 0. The lowest BCUT2D eigenvalue weighted by molar-refractivity contribution is -0.153. The summed E-state index contributed by atoms with van der Waals surface area (Å²) in [6, 6.07) is 0. The molecule has 2 fully saturated rings. The molecule has 0 aromatic heterocycles. The fraction of sp³-hybridized carbons (Fsp3) is 0.889. The third-order valence-corrected chi connectivity index (χ3v) is 3.30. The topological polar surface area (TPSA) is 46.5 Å². The zero-order chi connectivity index (χ0) is 8.77. The number of rotatable bonds is 2. The molecule has 0 bridgehead atoms. The molecule has 1 saturated heterocycles. The van der Waals surface area contributed by atoms with Crippen LogP contribution in [0.1, 0.15) is 26.2 Å². The Morgan fingerprint density at radius 2 is 2.50 bits per heavy atom. The van der Waals surface area contributed by atoms with Gasteiger partial charge in [-0.1, -0.05) is 0 Å². The smallest absolute Gasteiger partial charge is 0.310 e. The van der Waals surface area contributed by atoms with Crippen LogP contribution < -0.4 is 0 Å². The van der Waals surface area contributed by atoms with E-state index in [0.29, 0.717) is 12.3 Å². The molecule has 0 radical (unpaired) electrons. The van der Waals surface area contributed by atoms with Crippen LogP contribution in [0.15, 0.2) is 0 Å². The van der Waals surface area contributed by atoms with E-state index < -0.39 is 0 Å². The van der Waals surface area contributed by atoms with Crippen LogP contribution in [0.5, 0.6) is 0 Å². The Kier molecular flexibility index (Phi) is 1.65. The molecule has 0 aromatic carbocycles. The van der Waals surface area contributed by atoms with Crippen LogP contribution >= 0.6 is 0 Å². The highest BCUT2D eigenvalue weighted by molar-refractivity contribution is 5.76. The fourth-order valence-electron chi connectivity index (χ4n) is 2.40.